The molecule has 0 bridgehead atoms. The van der Waals surface area contributed by atoms with E-state index in [9.17, 15) is 0 Å². The highest BCUT2D eigenvalue weighted by Gasteiger charge is 2.12. The highest BCUT2D eigenvalue weighted by molar-refractivity contribution is 5.43. The van der Waals surface area contributed by atoms with Gasteiger partial charge in [0.1, 0.15) is 0 Å². The quantitative estimate of drug-likeness (QED) is 0.786. The van der Waals surface area contributed by atoms with Gasteiger partial charge in [-0.25, -0.2) is 0 Å². The first-order valence-corrected chi connectivity index (χ1v) is 6.59. The van der Waals surface area contributed by atoms with Crippen LogP contribution < -0.4 is 14.8 Å². The lowest BCUT2D eigenvalue weighted by Crippen LogP contribution is -2.29. The molecule has 0 saturated carbocycles. The van der Waals surface area contributed by atoms with Crippen molar-refractivity contribution >= 4 is 0 Å². The van der Waals surface area contributed by atoms with Crippen LogP contribution in [0.25, 0.3) is 0 Å². The van der Waals surface area contributed by atoms with Crippen LogP contribution in [0.3, 0.4) is 0 Å². The third-order valence-corrected chi connectivity index (χ3v) is 3.20. The molecule has 0 heterocycles. The molecule has 0 fully saturated rings. The van der Waals surface area contributed by atoms with Gasteiger partial charge in [-0.1, -0.05) is 6.07 Å². The molecule has 0 aliphatic heterocycles. The van der Waals surface area contributed by atoms with Crippen LogP contribution in [0.5, 0.6) is 11.5 Å². The van der Waals surface area contributed by atoms with Crippen LogP contribution >= 0.6 is 0 Å². The highest BCUT2D eigenvalue weighted by Crippen LogP contribution is 2.29. The van der Waals surface area contributed by atoms with E-state index in [0.29, 0.717) is 6.04 Å². The van der Waals surface area contributed by atoms with Crippen molar-refractivity contribution in [1.82, 2.24) is 5.32 Å². The van der Waals surface area contributed by atoms with Gasteiger partial charge < -0.3 is 19.5 Å². The van der Waals surface area contributed by atoms with Gasteiger partial charge in [-0.3, -0.25) is 0 Å². The second-order valence-electron chi connectivity index (χ2n) is 4.69. The molecule has 1 aromatic carbocycles. The number of hydrogen-bond acceptors (Lipinski definition) is 4. The number of rotatable bonds is 8. The van der Waals surface area contributed by atoms with Crippen molar-refractivity contribution in [3.63, 3.8) is 0 Å². The van der Waals surface area contributed by atoms with Gasteiger partial charge in [0, 0.05) is 25.8 Å². The number of ether oxygens (including phenoxy) is 3. The normalized spacial score (nSPS) is 13.9. The first-order chi connectivity index (χ1) is 9.12. The Morgan fingerprint density at radius 1 is 1.05 bits per heavy atom. The lowest BCUT2D eigenvalue weighted by atomic mass is 10.1. The van der Waals surface area contributed by atoms with Crippen molar-refractivity contribution in [2.45, 2.75) is 32.4 Å². The predicted octanol–water partition coefficient (Wildman–Crippen LogP) is 2.78. The summed E-state index contributed by atoms with van der Waals surface area (Å²) < 4.78 is 15.7. The van der Waals surface area contributed by atoms with Crippen LogP contribution in [-0.2, 0) is 4.74 Å². The molecule has 0 amide bonds. The van der Waals surface area contributed by atoms with Crippen molar-refractivity contribution in [1.29, 1.82) is 0 Å². The fourth-order valence-corrected chi connectivity index (χ4v) is 2.02. The number of hydrogen-bond donors (Lipinski definition) is 1. The third kappa shape index (κ3) is 4.73. The predicted molar refractivity (Wildman–Crippen MR) is 77.1 cm³/mol. The molecule has 19 heavy (non-hydrogen) atoms. The first-order valence-electron chi connectivity index (χ1n) is 6.59. The first kappa shape index (κ1) is 15.8. The maximum Gasteiger partial charge on any atom is 0.161 e. The van der Waals surface area contributed by atoms with Gasteiger partial charge in [0.25, 0.3) is 0 Å². The Labute approximate surface area is 116 Å². The minimum atomic E-state index is 0.256. The summed E-state index contributed by atoms with van der Waals surface area (Å²) in [6, 6.07) is 6.67. The molecule has 4 heteroatoms. The zero-order valence-corrected chi connectivity index (χ0v) is 12.5. The summed E-state index contributed by atoms with van der Waals surface area (Å²) in [6.07, 6.45) is 0.994. The van der Waals surface area contributed by atoms with Crippen LogP contribution in [0.4, 0.5) is 0 Å². The second-order valence-corrected chi connectivity index (χ2v) is 4.69. The average Bonchev–Trinajstić information content (AvgIpc) is 2.44. The molecule has 0 spiro atoms. The van der Waals surface area contributed by atoms with E-state index in [2.05, 4.69) is 25.2 Å². The van der Waals surface area contributed by atoms with Crippen molar-refractivity contribution < 1.29 is 14.2 Å². The second kappa shape index (κ2) is 8.02. The van der Waals surface area contributed by atoms with E-state index in [4.69, 9.17) is 14.2 Å². The van der Waals surface area contributed by atoms with Gasteiger partial charge in [-0.15, -0.1) is 0 Å². The summed E-state index contributed by atoms with van der Waals surface area (Å²) >= 11 is 0. The summed E-state index contributed by atoms with van der Waals surface area (Å²) in [5.41, 5.74) is 1.18. The Bertz CT molecular complexity index is 382. The van der Waals surface area contributed by atoms with Crippen LogP contribution in [0.1, 0.15) is 31.9 Å². The minimum Gasteiger partial charge on any atom is -0.493 e. The van der Waals surface area contributed by atoms with Crippen LogP contribution in [0.2, 0.25) is 0 Å². The summed E-state index contributed by atoms with van der Waals surface area (Å²) in [7, 11) is 5.03. The van der Waals surface area contributed by atoms with E-state index in [1.807, 2.05) is 12.1 Å². The Morgan fingerprint density at radius 3 is 2.32 bits per heavy atom. The lowest BCUT2D eigenvalue weighted by molar-refractivity contribution is 0.183. The summed E-state index contributed by atoms with van der Waals surface area (Å²) in [5.74, 6) is 1.52. The molecule has 2 unspecified atom stereocenters. The molecule has 0 aliphatic carbocycles. The largest absolute Gasteiger partial charge is 0.493 e. The number of methoxy groups -OCH3 is 3. The molecule has 1 N–H and O–H groups in total. The maximum absolute atomic E-state index is 5.32. The van der Waals surface area contributed by atoms with Gasteiger partial charge in [0.05, 0.1) is 14.2 Å². The van der Waals surface area contributed by atoms with E-state index in [1.54, 1.807) is 21.3 Å². The zero-order chi connectivity index (χ0) is 14.3. The summed E-state index contributed by atoms with van der Waals surface area (Å²) in [6.45, 7) is 5.08. The molecule has 2 atom stereocenters. The molecule has 1 aromatic rings. The zero-order valence-electron chi connectivity index (χ0n) is 12.5. The molecule has 0 aliphatic rings. The van der Waals surface area contributed by atoms with Gasteiger partial charge >= 0.3 is 0 Å². The standard InChI is InChI=1S/C15H25NO3/c1-11(8-9-17-3)16-12(2)13-6-7-14(18-4)15(10-13)19-5/h6-7,10-12,16H,8-9H2,1-5H3. The van der Waals surface area contributed by atoms with Crippen molar-refractivity contribution in [3.8, 4) is 11.5 Å². The average molecular weight is 267 g/mol. The van der Waals surface area contributed by atoms with Crippen molar-refractivity contribution in [2.75, 3.05) is 27.9 Å². The number of nitrogens with one attached hydrogen (secondary N) is 1. The lowest BCUT2D eigenvalue weighted by Gasteiger charge is -2.21. The van der Waals surface area contributed by atoms with Gasteiger partial charge in [-0.05, 0) is 38.0 Å². The molecule has 0 saturated heterocycles. The Balaban J connectivity index is 2.68. The fraction of sp³-hybridized carbons (Fsp3) is 0.600. The van der Waals surface area contributed by atoms with Crippen molar-refractivity contribution in [3.05, 3.63) is 23.8 Å². The monoisotopic (exact) mass is 267 g/mol. The molecule has 0 radical (unpaired) electrons. The van der Waals surface area contributed by atoms with E-state index in [1.165, 1.54) is 5.56 Å². The summed E-state index contributed by atoms with van der Waals surface area (Å²) in [4.78, 5) is 0. The maximum atomic E-state index is 5.32. The molecular weight excluding hydrogens is 242 g/mol. The van der Waals surface area contributed by atoms with Crippen LogP contribution in [-0.4, -0.2) is 34.0 Å². The third-order valence-electron chi connectivity index (χ3n) is 3.20. The van der Waals surface area contributed by atoms with Crippen LogP contribution in [0, 0.1) is 0 Å². The fourth-order valence-electron chi connectivity index (χ4n) is 2.02. The van der Waals surface area contributed by atoms with Gasteiger partial charge in [0.2, 0.25) is 0 Å². The Hall–Kier alpha value is -1.26. The molecule has 1 rings (SSSR count). The highest BCUT2D eigenvalue weighted by atomic mass is 16.5. The smallest absolute Gasteiger partial charge is 0.161 e. The minimum absolute atomic E-state index is 0.256. The Kier molecular flexibility index (Phi) is 6.67. The van der Waals surface area contributed by atoms with E-state index < -0.39 is 0 Å². The molecule has 4 nitrogen and oxygen atoms in total. The molecular formula is C15H25NO3. The van der Waals surface area contributed by atoms with Gasteiger partial charge in [-0.2, -0.15) is 0 Å². The summed E-state index contributed by atoms with van der Waals surface area (Å²) in [5, 5.41) is 3.54. The van der Waals surface area contributed by atoms with E-state index >= 15 is 0 Å². The van der Waals surface area contributed by atoms with E-state index in [0.717, 1.165) is 24.5 Å². The number of benzene rings is 1. The SMILES string of the molecule is COCCC(C)NC(C)c1ccc(OC)c(OC)c1. The van der Waals surface area contributed by atoms with Gasteiger partial charge in [0.15, 0.2) is 11.5 Å². The molecule has 0 aromatic heterocycles. The van der Waals surface area contributed by atoms with Crippen LogP contribution in [0.15, 0.2) is 18.2 Å². The Morgan fingerprint density at radius 2 is 1.74 bits per heavy atom. The van der Waals surface area contributed by atoms with E-state index in [-0.39, 0.29) is 6.04 Å². The molecule has 108 valence electrons. The van der Waals surface area contributed by atoms with Crippen molar-refractivity contribution in [2.24, 2.45) is 0 Å². The topological polar surface area (TPSA) is 39.7 Å².